The molecule has 32 heavy (non-hydrogen) atoms. The molecule has 0 fully saturated rings. The molecule has 0 heterocycles. The van der Waals surface area contributed by atoms with Crippen molar-refractivity contribution in [1.29, 1.82) is 0 Å². The van der Waals surface area contributed by atoms with Crippen LogP contribution < -0.4 is 0 Å². The van der Waals surface area contributed by atoms with Crippen molar-refractivity contribution >= 4 is 27.9 Å². The Morgan fingerprint density at radius 1 is 0.844 bits per heavy atom. The summed E-state index contributed by atoms with van der Waals surface area (Å²) in [5.74, 6) is -2.22. The lowest BCUT2D eigenvalue weighted by Crippen LogP contribution is -2.50. The fourth-order valence-corrected chi connectivity index (χ4v) is 3.12. The zero-order valence-corrected chi connectivity index (χ0v) is 17.6. The van der Waals surface area contributed by atoms with E-state index in [0.29, 0.717) is 0 Å². The number of hydrogen-bond donors (Lipinski definition) is 11. The summed E-state index contributed by atoms with van der Waals surface area (Å²) in [6, 6.07) is 0. The summed E-state index contributed by atoms with van der Waals surface area (Å²) < 4.78 is 34.8. The molecule has 0 aromatic heterocycles. The summed E-state index contributed by atoms with van der Waals surface area (Å²) in [6.07, 6.45) is -19.5. The van der Waals surface area contributed by atoms with Gasteiger partial charge in [0.1, 0.15) is 42.7 Å². The average molecular weight is 518 g/mol. The Bertz CT molecular complexity index is 695. The molecule has 0 aliphatic carbocycles. The lowest BCUT2D eigenvalue weighted by Gasteiger charge is -2.29. The lowest BCUT2D eigenvalue weighted by molar-refractivity contribution is -0.162. The van der Waals surface area contributed by atoms with Crippen LogP contribution in [0.4, 0.5) is 0 Å². The first-order chi connectivity index (χ1) is 14.5. The highest BCUT2D eigenvalue weighted by atomic mass is 31.2. The predicted molar refractivity (Wildman–Crippen MR) is 94.0 cm³/mol. The summed E-state index contributed by atoms with van der Waals surface area (Å²) in [5.41, 5.74) is 0. The molecule has 0 saturated heterocycles. The molecular weight excluding hydrogens is 494 g/mol. The molecule has 0 aromatic carbocycles. The molecule has 0 amide bonds. The molecule has 11 N–H and O–H groups in total. The van der Waals surface area contributed by atoms with Gasteiger partial charge in [0.25, 0.3) is 0 Å². The van der Waals surface area contributed by atoms with Crippen molar-refractivity contribution in [2.75, 3.05) is 13.2 Å². The third-order valence-corrected chi connectivity index (χ3v) is 4.96. The topological polar surface area (TPSA) is 318 Å². The fraction of sp³-hybridized carbons (Fsp3) is 0.833. The van der Waals surface area contributed by atoms with Gasteiger partial charge in [-0.25, -0.2) is 13.9 Å². The minimum Gasteiger partial charge on any atom is -0.394 e. The van der Waals surface area contributed by atoms with Crippen LogP contribution in [0.3, 0.4) is 0 Å². The second kappa shape index (κ2) is 13.1. The predicted octanol–water partition coefficient (Wildman–Crippen LogP) is -6.16. The summed E-state index contributed by atoms with van der Waals surface area (Å²) in [7, 11) is -11.2. The molecule has 1 unspecified atom stereocenters. The lowest BCUT2D eigenvalue weighted by atomic mass is 10.0. The van der Waals surface area contributed by atoms with E-state index in [1.165, 1.54) is 0 Å². The monoisotopic (exact) mass is 518 g/mol. The van der Waals surface area contributed by atoms with Gasteiger partial charge in [0, 0.05) is 0 Å². The van der Waals surface area contributed by atoms with Crippen LogP contribution in [0.1, 0.15) is 0 Å². The smallest absolute Gasteiger partial charge is 0.394 e. The first-order valence-corrected chi connectivity index (χ1v) is 11.3. The molecule has 20 heteroatoms. The summed E-state index contributed by atoms with van der Waals surface area (Å²) in [4.78, 5) is 49.1. The number of phosphoric acid groups is 2. The maximum atomic E-state index is 12.0. The van der Waals surface area contributed by atoms with Gasteiger partial charge >= 0.3 is 21.6 Å². The minimum atomic E-state index is -5.61. The average Bonchev–Trinajstić information content (AvgIpc) is 2.71. The van der Waals surface area contributed by atoms with E-state index < -0.39 is 83.7 Å². The number of carbonyl (C=O) groups is 2. The van der Waals surface area contributed by atoms with Gasteiger partial charge < -0.3 is 55.1 Å². The highest BCUT2D eigenvalue weighted by Crippen LogP contribution is 2.47. The number of hydrogen-bond acceptors (Lipinski definition) is 15. The van der Waals surface area contributed by atoms with E-state index in [9.17, 15) is 54.3 Å². The molecule has 0 rings (SSSR count). The van der Waals surface area contributed by atoms with E-state index in [1.54, 1.807) is 0 Å². The van der Waals surface area contributed by atoms with Crippen molar-refractivity contribution in [2.24, 2.45) is 0 Å². The van der Waals surface area contributed by atoms with Crippen molar-refractivity contribution in [3.8, 4) is 0 Å². The first kappa shape index (κ1) is 31.1. The third kappa shape index (κ3) is 10.3. The van der Waals surface area contributed by atoms with Gasteiger partial charge in [-0.2, -0.15) is 0 Å². The van der Waals surface area contributed by atoms with Crippen molar-refractivity contribution < 1.29 is 87.8 Å². The second-order valence-corrected chi connectivity index (χ2v) is 8.67. The Morgan fingerprint density at radius 3 is 1.78 bits per heavy atom. The fourth-order valence-electron chi connectivity index (χ4n) is 1.88. The zero-order valence-electron chi connectivity index (χ0n) is 15.8. The van der Waals surface area contributed by atoms with E-state index in [-0.39, 0.29) is 6.29 Å². The van der Waals surface area contributed by atoms with E-state index in [4.69, 9.17) is 20.0 Å². The number of rotatable bonds is 15. The number of carbonyl (C=O) groups excluding carboxylic acids is 2. The van der Waals surface area contributed by atoms with Crippen molar-refractivity contribution in [2.45, 2.75) is 48.8 Å². The number of aliphatic hydroxyl groups is 8. The molecule has 0 bridgehead atoms. The van der Waals surface area contributed by atoms with Crippen LogP contribution in [0.2, 0.25) is 0 Å². The quantitative estimate of drug-likeness (QED) is 0.0709. The van der Waals surface area contributed by atoms with Crippen LogP contribution in [0.15, 0.2) is 0 Å². The van der Waals surface area contributed by atoms with Gasteiger partial charge in [-0.1, -0.05) is 0 Å². The largest absolute Gasteiger partial charge is 0.527 e. The Kier molecular flexibility index (Phi) is 12.7. The molecule has 0 spiro atoms. The van der Waals surface area contributed by atoms with Gasteiger partial charge in [-0.3, -0.25) is 18.8 Å². The van der Waals surface area contributed by atoms with Crippen LogP contribution in [-0.2, 0) is 32.3 Å². The van der Waals surface area contributed by atoms with Gasteiger partial charge in [-0.05, 0) is 0 Å². The number of aliphatic hydroxyl groups excluding tert-OH is 8. The van der Waals surface area contributed by atoms with Crippen LogP contribution >= 0.6 is 15.6 Å². The van der Waals surface area contributed by atoms with E-state index >= 15 is 0 Å². The highest BCUT2D eigenvalue weighted by Gasteiger charge is 2.44. The molecule has 0 aliphatic heterocycles. The van der Waals surface area contributed by atoms with E-state index in [0.717, 1.165) is 0 Å². The van der Waals surface area contributed by atoms with Crippen LogP contribution in [0.25, 0.3) is 0 Å². The molecule has 0 aliphatic rings. The maximum absolute atomic E-state index is 12.0. The standard InChI is InChI=1S/C12H24O18P2/c13-1-4(15)7(18)9(20)6(17)3-28-32(26,27)29-11(12(22)30-31(23,24)25)10(21)8(19)5(16)2-14/h1,4-11,14-21H,2-3H2,(H,26,27)(H2,23,24,25)/t4-,5+,6+,7+,8+,9+,10-,11+/m0/s1. The Morgan fingerprint density at radius 2 is 1.34 bits per heavy atom. The zero-order chi connectivity index (χ0) is 25.4. The van der Waals surface area contributed by atoms with Crippen molar-refractivity contribution in [3.63, 3.8) is 0 Å². The molecule has 18 nitrogen and oxygen atoms in total. The highest BCUT2D eigenvalue weighted by molar-refractivity contribution is 7.47. The Hall–Kier alpha value is -0.920. The van der Waals surface area contributed by atoms with Gasteiger partial charge in [-0.15, -0.1) is 0 Å². The van der Waals surface area contributed by atoms with Crippen molar-refractivity contribution in [3.05, 3.63) is 0 Å². The summed E-state index contributed by atoms with van der Waals surface area (Å²) in [5, 5.41) is 75.1. The van der Waals surface area contributed by atoms with Gasteiger partial charge in [0.05, 0.1) is 13.2 Å². The molecular formula is C12H24O18P2. The normalized spacial score (nSPS) is 21.8. The van der Waals surface area contributed by atoms with E-state index in [2.05, 4.69) is 13.6 Å². The van der Waals surface area contributed by atoms with Crippen LogP contribution in [-0.4, -0.2) is 130 Å². The number of phosphoric ester groups is 2. The second-order valence-electron chi connectivity index (χ2n) is 6.10. The molecule has 0 radical (unpaired) electrons. The van der Waals surface area contributed by atoms with Gasteiger partial charge in [0.2, 0.25) is 0 Å². The third-order valence-electron chi connectivity index (χ3n) is 3.57. The molecule has 0 aromatic rings. The van der Waals surface area contributed by atoms with Gasteiger partial charge in [0.15, 0.2) is 12.4 Å². The molecule has 9 atom stereocenters. The SMILES string of the molecule is O=C[C@H](O)[C@@H](O)[C@H](O)[C@H](O)COP(=O)(O)O[C@@H](C(=O)OP(=O)(O)O)[C@@H](O)[C@H](O)[C@H](O)CO. The van der Waals surface area contributed by atoms with Crippen LogP contribution in [0, 0.1) is 0 Å². The first-order valence-electron chi connectivity index (χ1n) is 8.24. The Labute approximate surface area is 178 Å². The maximum Gasteiger partial charge on any atom is 0.527 e. The van der Waals surface area contributed by atoms with Crippen molar-refractivity contribution in [1.82, 2.24) is 0 Å². The van der Waals surface area contributed by atoms with Crippen LogP contribution in [0.5, 0.6) is 0 Å². The molecule has 0 saturated carbocycles. The van der Waals surface area contributed by atoms with E-state index in [1.807, 2.05) is 0 Å². The Balaban J connectivity index is 5.46. The summed E-state index contributed by atoms with van der Waals surface area (Å²) in [6.45, 7) is -2.58. The summed E-state index contributed by atoms with van der Waals surface area (Å²) >= 11 is 0. The molecule has 190 valence electrons. The minimum absolute atomic E-state index is 0.202. The number of aldehydes is 1.